The highest BCUT2D eigenvalue weighted by Gasteiger charge is 2.07. The van der Waals surface area contributed by atoms with E-state index in [1.807, 2.05) is 0 Å². The molecule has 78 valence electrons. The SMILES string of the molecule is NC(=O)Cn1c(=S)[nH]c2cc(Cl)cnc21. The third-order valence-corrected chi connectivity index (χ3v) is 2.42. The smallest absolute Gasteiger partial charge is 0.237 e. The summed E-state index contributed by atoms with van der Waals surface area (Å²) in [5.74, 6) is -0.469. The molecule has 5 nitrogen and oxygen atoms in total. The van der Waals surface area contributed by atoms with E-state index in [4.69, 9.17) is 29.6 Å². The van der Waals surface area contributed by atoms with Crippen molar-refractivity contribution in [1.82, 2.24) is 14.5 Å². The molecular formula is C8H7ClN4OS. The molecule has 2 aromatic rings. The summed E-state index contributed by atoms with van der Waals surface area (Å²) in [6.45, 7) is 0.00741. The predicted octanol–water partition coefficient (Wildman–Crippen LogP) is 1.23. The lowest BCUT2D eigenvalue weighted by Gasteiger charge is -1.99. The molecule has 0 aliphatic carbocycles. The van der Waals surface area contributed by atoms with E-state index in [0.29, 0.717) is 21.0 Å². The minimum Gasteiger partial charge on any atom is -0.368 e. The molecule has 0 aliphatic rings. The second-order valence-corrected chi connectivity index (χ2v) is 3.83. The number of halogens is 1. The Balaban J connectivity index is 2.68. The molecule has 0 fully saturated rings. The molecule has 0 radical (unpaired) electrons. The highest BCUT2D eigenvalue weighted by molar-refractivity contribution is 7.71. The van der Waals surface area contributed by atoms with E-state index >= 15 is 0 Å². The number of hydrogen-bond acceptors (Lipinski definition) is 3. The van der Waals surface area contributed by atoms with Crippen LogP contribution in [-0.4, -0.2) is 20.4 Å². The van der Waals surface area contributed by atoms with Crippen LogP contribution in [0.2, 0.25) is 5.02 Å². The van der Waals surface area contributed by atoms with Gasteiger partial charge in [0.15, 0.2) is 10.4 Å². The number of hydrogen-bond donors (Lipinski definition) is 2. The Morgan fingerprint density at radius 1 is 1.73 bits per heavy atom. The molecular weight excluding hydrogens is 236 g/mol. The highest BCUT2D eigenvalue weighted by atomic mass is 35.5. The molecule has 0 aromatic carbocycles. The Kier molecular flexibility index (Phi) is 2.45. The van der Waals surface area contributed by atoms with Crippen molar-refractivity contribution in [3.8, 4) is 0 Å². The molecule has 0 spiro atoms. The van der Waals surface area contributed by atoms with Gasteiger partial charge in [-0.3, -0.25) is 9.36 Å². The summed E-state index contributed by atoms with van der Waals surface area (Å²) in [5, 5.41) is 0.505. The molecule has 1 amide bonds. The second-order valence-electron chi connectivity index (χ2n) is 3.01. The summed E-state index contributed by atoms with van der Waals surface area (Å²) < 4.78 is 1.93. The Bertz CT molecular complexity index is 588. The van der Waals surface area contributed by atoms with Gasteiger partial charge in [-0.15, -0.1) is 0 Å². The molecule has 0 saturated carbocycles. The summed E-state index contributed by atoms with van der Waals surface area (Å²) in [4.78, 5) is 17.8. The molecule has 0 bridgehead atoms. The molecule has 0 saturated heterocycles. The topological polar surface area (TPSA) is 76.7 Å². The van der Waals surface area contributed by atoms with Gasteiger partial charge in [0.25, 0.3) is 0 Å². The summed E-state index contributed by atoms with van der Waals surface area (Å²) in [6.07, 6.45) is 1.49. The first kappa shape index (κ1) is 10.1. The Morgan fingerprint density at radius 3 is 3.13 bits per heavy atom. The molecule has 2 rings (SSSR count). The van der Waals surface area contributed by atoms with Gasteiger partial charge in [-0.05, 0) is 18.3 Å². The van der Waals surface area contributed by atoms with Crippen molar-refractivity contribution < 1.29 is 4.79 Å². The van der Waals surface area contributed by atoms with Crippen molar-refractivity contribution in [1.29, 1.82) is 0 Å². The lowest BCUT2D eigenvalue weighted by Crippen LogP contribution is -2.18. The van der Waals surface area contributed by atoms with Crippen LogP contribution in [0.4, 0.5) is 0 Å². The zero-order valence-electron chi connectivity index (χ0n) is 7.53. The minimum absolute atomic E-state index is 0.00741. The molecule has 3 N–H and O–H groups in total. The van der Waals surface area contributed by atoms with Crippen LogP contribution < -0.4 is 5.73 Å². The first-order valence-electron chi connectivity index (χ1n) is 4.10. The number of rotatable bonds is 2. The van der Waals surface area contributed by atoms with E-state index in [9.17, 15) is 4.79 Å². The quantitative estimate of drug-likeness (QED) is 0.778. The van der Waals surface area contributed by atoms with Gasteiger partial charge in [-0.1, -0.05) is 11.6 Å². The minimum atomic E-state index is -0.469. The van der Waals surface area contributed by atoms with Crippen molar-refractivity contribution in [2.24, 2.45) is 5.73 Å². The molecule has 0 aliphatic heterocycles. The monoisotopic (exact) mass is 242 g/mol. The number of aromatic amines is 1. The zero-order valence-corrected chi connectivity index (χ0v) is 9.10. The fourth-order valence-electron chi connectivity index (χ4n) is 1.32. The lowest BCUT2D eigenvalue weighted by molar-refractivity contribution is -0.118. The number of carbonyl (C=O) groups excluding carboxylic acids is 1. The van der Waals surface area contributed by atoms with Crippen LogP contribution in [-0.2, 0) is 11.3 Å². The number of nitrogens with zero attached hydrogens (tertiary/aromatic N) is 2. The first-order valence-corrected chi connectivity index (χ1v) is 4.89. The van der Waals surface area contributed by atoms with Gasteiger partial charge in [-0.2, -0.15) is 0 Å². The fraction of sp³-hybridized carbons (Fsp3) is 0.125. The van der Waals surface area contributed by atoms with Crippen molar-refractivity contribution in [2.75, 3.05) is 0 Å². The van der Waals surface area contributed by atoms with Crippen LogP contribution in [0.5, 0.6) is 0 Å². The van der Waals surface area contributed by atoms with Gasteiger partial charge in [0, 0.05) is 6.20 Å². The van der Waals surface area contributed by atoms with E-state index < -0.39 is 5.91 Å². The van der Waals surface area contributed by atoms with Crippen LogP contribution in [0, 0.1) is 4.77 Å². The highest BCUT2D eigenvalue weighted by Crippen LogP contribution is 2.15. The Labute approximate surface area is 94.9 Å². The van der Waals surface area contributed by atoms with Gasteiger partial charge in [0.1, 0.15) is 6.54 Å². The van der Waals surface area contributed by atoms with E-state index in [1.165, 1.54) is 10.8 Å². The van der Waals surface area contributed by atoms with Crippen molar-refractivity contribution in [2.45, 2.75) is 6.54 Å². The maximum absolute atomic E-state index is 10.8. The molecule has 0 atom stereocenters. The van der Waals surface area contributed by atoms with Gasteiger partial charge in [-0.25, -0.2) is 4.98 Å². The van der Waals surface area contributed by atoms with Gasteiger partial charge in [0.05, 0.1) is 10.5 Å². The van der Waals surface area contributed by atoms with Crippen LogP contribution in [0.25, 0.3) is 11.2 Å². The van der Waals surface area contributed by atoms with Crippen molar-refractivity contribution >= 4 is 40.9 Å². The molecule has 15 heavy (non-hydrogen) atoms. The number of amides is 1. The Hall–Kier alpha value is -1.40. The first-order chi connectivity index (χ1) is 7.08. The van der Waals surface area contributed by atoms with Crippen molar-refractivity contribution in [3.05, 3.63) is 22.1 Å². The number of nitrogens with one attached hydrogen (secondary N) is 1. The summed E-state index contributed by atoms with van der Waals surface area (Å²) >= 11 is 10.8. The maximum Gasteiger partial charge on any atom is 0.237 e. The van der Waals surface area contributed by atoms with Gasteiger partial charge in [0.2, 0.25) is 5.91 Å². The summed E-state index contributed by atoms with van der Waals surface area (Å²) in [5.41, 5.74) is 6.36. The van der Waals surface area contributed by atoms with Crippen LogP contribution in [0.15, 0.2) is 12.3 Å². The van der Waals surface area contributed by atoms with Crippen molar-refractivity contribution in [3.63, 3.8) is 0 Å². The van der Waals surface area contributed by atoms with Gasteiger partial charge >= 0.3 is 0 Å². The van der Waals surface area contributed by atoms with Crippen LogP contribution in [0.1, 0.15) is 0 Å². The number of carbonyl (C=O) groups is 1. The van der Waals surface area contributed by atoms with E-state index in [0.717, 1.165) is 0 Å². The predicted molar refractivity (Wildman–Crippen MR) is 59.1 cm³/mol. The van der Waals surface area contributed by atoms with E-state index in [2.05, 4.69) is 9.97 Å². The molecule has 2 aromatic heterocycles. The number of pyridine rings is 1. The number of nitrogens with two attached hydrogens (primary N) is 1. The standard InChI is InChI=1S/C8H7ClN4OS/c9-4-1-5-7(11-2-4)13(3-6(10)14)8(15)12-5/h1-2H,3H2,(H2,10,14)(H,12,15). The zero-order chi connectivity index (χ0) is 11.0. The van der Waals surface area contributed by atoms with Crippen LogP contribution in [0.3, 0.4) is 0 Å². The second kappa shape index (κ2) is 3.63. The maximum atomic E-state index is 10.8. The fourth-order valence-corrected chi connectivity index (χ4v) is 1.74. The largest absolute Gasteiger partial charge is 0.368 e. The summed E-state index contributed by atoms with van der Waals surface area (Å²) in [6, 6.07) is 1.69. The number of fused-ring (bicyclic) bond motifs is 1. The average Bonchev–Trinajstić information content (AvgIpc) is 2.41. The average molecular weight is 243 g/mol. The molecule has 0 unspecified atom stereocenters. The Morgan fingerprint density at radius 2 is 2.47 bits per heavy atom. The van der Waals surface area contributed by atoms with Gasteiger partial charge < -0.3 is 10.7 Å². The number of H-pyrrole nitrogens is 1. The van der Waals surface area contributed by atoms with Crippen LogP contribution >= 0.6 is 23.8 Å². The summed E-state index contributed by atoms with van der Waals surface area (Å²) in [7, 11) is 0. The molecule has 2 heterocycles. The molecule has 7 heteroatoms. The lowest BCUT2D eigenvalue weighted by atomic mass is 10.4. The third-order valence-electron chi connectivity index (χ3n) is 1.89. The van der Waals surface area contributed by atoms with E-state index in [-0.39, 0.29) is 6.54 Å². The normalized spacial score (nSPS) is 10.7. The number of primary amides is 1. The number of aromatic nitrogens is 3. The third kappa shape index (κ3) is 1.86. The number of imidazole rings is 1. The van der Waals surface area contributed by atoms with E-state index in [1.54, 1.807) is 6.07 Å².